The van der Waals surface area contributed by atoms with Gasteiger partial charge in [-0.15, -0.1) is 4.59 Å². The van der Waals surface area contributed by atoms with Crippen molar-refractivity contribution in [1.82, 2.24) is 0 Å². The predicted octanol–water partition coefficient (Wildman–Crippen LogP) is 4.19. The normalized spacial score (nSPS) is 24.1. The Morgan fingerprint density at radius 3 is 2.47 bits per heavy atom. The topological polar surface area (TPSA) is 129 Å². The van der Waals surface area contributed by atoms with E-state index in [0.717, 1.165) is 5.70 Å². The molecule has 5 rings (SSSR count). The SMILES string of the molecule is NC(=O)OC(=O)C1CCC(C2=C3C=NC=C[N+]3(N)C(c3cccc(OCc4c(F)cccc4F)c3)=N2)CC1. The van der Waals surface area contributed by atoms with E-state index in [2.05, 4.69) is 9.73 Å². The van der Waals surface area contributed by atoms with Crippen LogP contribution in [0.2, 0.25) is 0 Å². The lowest BCUT2D eigenvalue weighted by Crippen LogP contribution is -2.53. The first-order chi connectivity index (χ1) is 18.3. The minimum absolute atomic E-state index is 0.0163. The molecule has 1 atom stereocenters. The Morgan fingerprint density at radius 2 is 1.76 bits per heavy atom. The number of carbonyl (C=O) groups excluding carboxylic acids is 2. The van der Waals surface area contributed by atoms with Crippen molar-refractivity contribution in [3.63, 3.8) is 0 Å². The molecule has 1 amide bonds. The molecule has 0 aromatic heterocycles. The first kappa shape index (κ1) is 25.4. The number of quaternary nitrogens is 1. The third-order valence-corrected chi connectivity index (χ3v) is 7.01. The van der Waals surface area contributed by atoms with Crippen LogP contribution in [0.1, 0.15) is 36.8 Å². The Bertz CT molecular complexity index is 1390. The molecule has 38 heavy (non-hydrogen) atoms. The number of aliphatic imine (C=N–C) groups is 2. The summed E-state index contributed by atoms with van der Waals surface area (Å²) in [5, 5.41) is 0. The van der Waals surface area contributed by atoms with E-state index in [9.17, 15) is 18.4 Å². The summed E-state index contributed by atoms with van der Waals surface area (Å²) in [6, 6.07) is 10.7. The number of amides is 1. The van der Waals surface area contributed by atoms with Gasteiger partial charge in [-0.1, -0.05) is 12.1 Å². The number of esters is 1. The fourth-order valence-corrected chi connectivity index (χ4v) is 5.04. The zero-order valence-corrected chi connectivity index (χ0v) is 20.3. The monoisotopic (exact) mass is 522 g/mol. The number of nitrogens with zero attached hydrogens (tertiary/aromatic N) is 3. The lowest BCUT2D eigenvalue weighted by Gasteiger charge is -2.28. The molecule has 2 aliphatic heterocycles. The number of hydrogen-bond donors (Lipinski definition) is 2. The fraction of sp³-hybridized carbons (Fsp3) is 0.259. The van der Waals surface area contributed by atoms with Gasteiger partial charge < -0.3 is 15.2 Å². The highest BCUT2D eigenvalue weighted by molar-refractivity contribution is 6.00. The largest absolute Gasteiger partial charge is 0.489 e. The van der Waals surface area contributed by atoms with Crippen molar-refractivity contribution in [2.24, 2.45) is 33.4 Å². The van der Waals surface area contributed by atoms with Crippen molar-refractivity contribution >= 4 is 24.1 Å². The second-order valence-corrected chi connectivity index (χ2v) is 9.36. The van der Waals surface area contributed by atoms with Gasteiger partial charge in [-0.05, 0) is 56.0 Å². The van der Waals surface area contributed by atoms with Crippen molar-refractivity contribution in [2.75, 3.05) is 0 Å². The van der Waals surface area contributed by atoms with Gasteiger partial charge in [0.15, 0.2) is 0 Å². The summed E-state index contributed by atoms with van der Waals surface area (Å²) >= 11 is 0. The summed E-state index contributed by atoms with van der Waals surface area (Å²) in [6.07, 6.45) is 6.22. The molecular formula is C27H26F2N5O4+. The average molecular weight is 523 g/mol. The van der Waals surface area contributed by atoms with Crippen LogP contribution < -0.4 is 16.3 Å². The number of ether oxygens (including phenoxy) is 2. The Balaban J connectivity index is 1.37. The minimum Gasteiger partial charge on any atom is -0.489 e. The van der Waals surface area contributed by atoms with E-state index < -0.39 is 29.6 Å². The Labute approximate surface area is 217 Å². The van der Waals surface area contributed by atoms with Crippen LogP contribution in [0.15, 0.2) is 76.2 Å². The van der Waals surface area contributed by atoms with Crippen LogP contribution in [-0.4, -0.2) is 28.7 Å². The molecule has 1 saturated carbocycles. The molecule has 3 aliphatic rings. The van der Waals surface area contributed by atoms with Crippen LogP contribution in [0.25, 0.3) is 0 Å². The molecule has 4 N–H and O–H groups in total. The van der Waals surface area contributed by atoms with E-state index in [0.29, 0.717) is 48.5 Å². The second kappa shape index (κ2) is 10.3. The maximum Gasteiger partial charge on any atom is 0.412 e. The third kappa shape index (κ3) is 4.85. The van der Waals surface area contributed by atoms with Gasteiger partial charge in [0.05, 0.1) is 29.5 Å². The molecule has 1 unspecified atom stereocenters. The summed E-state index contributed by atoms with van der Waals surface area (Å²) < 4.78 is 38.1. The number of rotatable bonds is 6. The Hall–Kier alpha value is -4.22. The number of nitrogens with two attached hydrogens (primary N) is 2. The Morgan fingerprint density at radius 1 is 1.05 bits per heavy atom. The second-order valence-electron chi connectivity index (χ2n) is 9.36. The summed E-state index contributed by atoms with van der Waals surface area (Å²) in [4.78, 5) is 32.2. The van der Waals surface area contributed by atoms with Crippen LogP contribution in [0.5, 0.6) is 5.75 Å². The van der Waals surface area contributed by atoms with E-state index in [1.165, 1.54) is 18.2 Å². The summed E-state index contributed by atoms with van der Waals surface area (Å²) in [5.74, 6) is 5.41. The molecule has 0 saturated heterocycles. The first-order valence-electron chi connectivity index (χ1n) is 12.2. The van der Waals surface area contributed by atoms with Crippen LogP contribution >= 0.6 is 0 Å². The van der Waals surface area contributed by atoms with Crippen molar-refractivity contribution in [1.29, 1.82) is 0 Å². The molecule has 196 valence electrons. The number of hydrogen-bond acceptors (Lipinski definition) is 7. The Kier molecular flexibility index (Phi) is 6.87. The molecule has 2 heterocycles. The first-order valence-corrected chi connectivity index (χ1v) is 12.2. The van der Waals surface area contributed by atoms with Crippen LogP contribution in [0.4, 0.5) is 13.6 Å². The van der Waals surface area contributed by atoms with E-state index in [1.54, 1.807) is 36.8 Å². The lowest BCUT2D eigenvalue weighted by atomic mass is 9.80. The fourth-order valence-electron chi connectivity index (χ4n) is 5.04. The van der Waals surface area contributed by atoms with Gasteiger partial charge in [-0.25, -0.2) is 13.6 Å². The molecule has 1 fully saturated rings. The molecule has 9 nitrogen and oxygen atoms in total. The molecule has 11 heteroatoms. The maximum absolute atomic E-state index is 14.0. The summed E-state index contributed by atoms with van der Waals surface area (Å²) in [7, 11) is 0. The van der Waals surface area contributed by atoms with E-state index in [1.807, 2.05) is 6.07 Å². The standard InChI is InChI=1S/C27H25F2N5O4/c28-21-5-2-6-22(29)20(21)15-37-19-4-1-3-18(13-19)25-33-24(23-14-32-11-12-34(23,25)31)16-7-9-17(10-8-16)26(35)38-27(30)36/h1-6,11-14,16-17H,7-10,15,31H2,(H-,30,36)/p+1. The molecule has 0 spiro atoms. The number of primary amides is 1. The van der Waals surface area contributed by atoms with Crippen molar-refractivity contribution in [3.8, 4) is 5.75 Å². The van der Waals surface area contributed by atoms with Crippen LogP contribution in [0.3, 0.4) is 0 Å². The highest BCUT2D eigenvalue weighted by Crippen LogP contribution is 2.41. The van der Waals surface area contributed by atoms with Crippen molar-refractivity contribution in [2.45, 2.75) is 32.3 Å². The van der Waals surface area contributed by atoms with Crippen molar-refractivity contribution in [3.05, 3.63) is 89.0 Å². The smallest absolute Gasteiger partial charge is 0.412 e. The molecule has 0 radical (unpaired) electrons. The number of fused-ring (bicyclic) bond motifs is 1. The molecule has 1 aliphatic carbocycles. The maximum atomic E-state index is 14.0. The number of allylic oxidation sites excluding steroid dienone is 2. The van der Waals surface area contributed by atoms with Crippen LogP contribution in [-0.2, 0) is 16.1 Å². The van der Waals surface area contributed by atoms with Gasteiger partial charge in [-0.2, -0.15) is 10.8 Å². The number of carbonyl (C=O) groups is 2. The highest BCUT2D eigenvalue weighted by atomic mass is 19.1. The summed E-state index contributed by atoms with van der Waals surface area (Å²) in [6.45, 7) is -0.278. The third-order valence-electron chi connectivity index (χ3n) is 7.01. The van der Waals surface area contributed by atoms with Crippen LogP contribution in [0, 0.1) is 23.5 Å². The highest BCUT2D eigenvalue weighted by Gasteiger charge is 2.46. The van der Waals surface area contributed by atoms with Gasteiger partial charge in [-0.3, -0.25) is 9.79 Å². The quantitative estimate of drug-likeness (QED) is 0.254. The molecular weight excluding hydrogens is 496 g/mol. The summed E-state index contributed by atoms with van der Waals surface area (Å²) in [5.41, 5.74) is 6.97. The van der Waals surface area contributed by atoms with Gasteiger partial charge in [0.25, 0.3) is 5.84 Å². The van der Waals surface area contributed by atoms with E-state index in [4.69, 9.17) is 21.3 Å². The average Bonchev–Trinajstić information content (AvgIpc) is 3.21. The lowest BCUT2D eigenvalue weighted by molar-refractivity contribution is -0.750. The molecule has 2 aromatic carbocycles. The van der Waals surface area contributed by atoms with E-state index >= 15 is 0 Å². The van der Waals surface area contributed by atoms with Crippen molar-refractivity contribution < 1.29 is 32.4 Å². The number of benzene rings is 2. The zero-order valence-electron chi connectivity index (χ0n) is 20.3. The number of amidine groups is 1. The predicted molar refractivity (Wildman–Crippen MR) is 134 cm³/mol. The van der Waals surface area contributed by atoms with E-state index in [-0.39, 0.29) is 22.7 Å². The van der Waals surface area contributed by atoms with Gasteiger partial charge >= 0.3 is 12.1 Å². The zero-order chi connectivity index (χ0) is 26.9. The van der Waals surface area contributed by atoms with Gasteiger partial charge in [0.2, 0.25) is 5.70 Å². The van der Waals surface area contributed by atoms with Gasteiger partial charge in [0.1, 0.15) is 35.9 Å². The number of halogens is 2. The molecule has 0 bridgehead atoms. The van der Waals surface area contributed by atoms with Gasteiger partial charge in [0, 0.05) is 5.92 Å². The molecule has 2 aromatic rings. The minimum atomic E-state index is -1.10.